The fourth-order valence-corrected chi connectivity index (χ4v) is 3.00. The number of aromatic carboxylic acids is 1. The predicted molar refractivity (Wildman–Crippen MR) is 79.8 cm³/mol. The molecule has 1 amide bonds. The van der Waals surface area contributed by atoms with Gasteiger partial charge in [-0.15, -0.1) is 0 Å². The molecule has 3 N–H and O–H groups in total. The molecule has 1 aromatic heterocycles. The molecule has 6 nitrogen and oxygen atoms in total. The van der Waals surface area contributed by atoms with Crippen LogP contribution in [-0.2, 0) is 0 Å². The van der Waals surface area contributed by atoms with Crippen LogP contribution >= 0.6 is 0 Å². The van der Waals surface area contributed by atoms with Gasteiger partial charge < -0.3 is 20.3 Å². The van der Waals surface area contributed by atoms with Crippen LogP contribution in [0.2, 0.25) is 0 Å². The molecular weight excluding hydrogens is 270 g/mol. The first-order valence-electron chi connectivity index (χ1n) is 7.16. The number of carboxylic acids is 1. The Morgan fingerprint density at radius 2 is 1.95 bits per heavy atom. The van der Waals surface area contributed by atoms with Crippen molar-refractivity contribution in [2.45, 2.75) is 38.6 Å². The molecule has 0 saturated heterocycles. The SMILES string of the molecule is Cc1[nH]c(C(=O)O)c(C)c1C(=O)NCC1(N(C)C)CCC1. The van der Waals surface area contributed by atoms with Crippen LogP contribution in [0.3, 0.4) is 0 Å². The molecule has 2 rings (SSSR count). The number of nitrogens with zero attached hydrogens (tertiary/aromatic N) is 1. The third kappa shape index (κ3) is 2.68. The van der Waals surface area contributed by atoms with E-state index in [4.69, 9.17) is 5.11 Å². The smallest absolute Gasteiger partial charge is 0.352 e. The predicted octanol–water partition coefficient (Wildman–Crippen LogP) is 1.54. The Hall–Kier alpha value is -1.82. The van der Waals surface area contributed by atoms with Gasteiger partial charge in [-0.1, -0.05) is 0 Å². The van der Waals surface area contributed by atoms with Crippen LogP contribution in [0.4, 0.5) is 0 Å². The zero-order valence-electron chi connectivity index (χ0n) is 13.0. The van der Waals surface area contributed by atoms with Crippen LogP contribution < -0.4 is 5.32 Å². The van der Waals surface area contributed by atoms with E-state index in [0.29, 0.717) is 23.4 Å². The van der Waals surface area contributed by atoms with E-state index in [0.717, 1.165) is 12.8 Å². The van der Waals surface area contributed by atoms with Crippen molar-refractivity contribution >= 4 is 11.9 Å². The molecule has 0 unspecified atom stereocenters. The highest BCUT2D eigenvalue weighted by Crippen LogP contribution is 2.35. The number of rotatable bonds is 5. The second kappa shape index (κ2) is 5.52. The number of carboxylic acid groups (broad SMARTS) is 1. The lowest BCUT2D eigenvalue weighted by atomic mass is 9.75. The molecule has 0 bridgehead atoms. The monoisotopic (exact) mass is 293 g/mol. The van der Waals surface area contributed by atoms with Gasteiger partial charge in [0, 0.05) is 17.8 Å². The standard InChI is InChI=1S/C15H23N3O3/c1-9-11(10(2)17-12(9)14(20)21)13(19)16-8-15(18(3)4)6-5-7-15/h17H,5-8H2,1-4H3,(H,16,19)(H,20,21). The zero-order valence-corrected chi connectivity index (χ0v) is 13.0. The number of aromatic amines is 1. The second-order valence-corrected chi connectivity index (χ2v) is 6.09. The van der Waals surface area contributed by atoms with Gasteiger partial charge in [-0.3, -0.25) is 4.79 Å². The van der Waals surface area contributed by atoms with Gasteiger partial charge in [-0.2, -0.15) is 0 Å². The minimum Gasteiger partial charge on any atom is -0.477 e. The molecule has 0 radical (unpaired) electrons. The van der Waals surface area contributed by atoms with Crippen molar-refractivity contribution in [3.63, 3.8) is 0 Å². The van der Waals surface area contributed by atoms with Crippen molar-refractivity contribution in [2.75, 3.05) is 20.6 Å². The summed E-state index contributed by atoms with van der Waals surface area (Å²) in [6.45, 7) is 3.97. The largest absolute Gasteiger partial charge is 0.477 e. The molecule has 1 aromatic rings. The van der Waals surface area contributed by atoms with E-state index < -0.39 is 5.97 Å². The normalized spacial score (nSPS) is 16.6. The Bertz CT molecular complexity index is 571. The van der Waals surface area contributed by atoms with Gasteiger partial charge in [0.25, 0.3) is 5.91 Å². The number of carbonyl (C=O) groups excluding carboxylic acids is 1. The summed E-state index contributed by atoms with van der Waals surface area (Å²) in [6, 6.07) is 0. The topological polar surface area (TPSA) is 85.4 Å². The third-order valence-corrected chi connectivity index (χ3v) is 4.69. The molecule has 0 spiro atoms. The van der Waals surface area contributed by atoms with Crippen molar-refractivity contribution in [3.05, 3.63) is 22.5 Å². The van der Waals surface area contributed by atoms with E-state index in [1.807, 2.05) is 14.1 Å². The van der Waals surface area contributed by atoms with Crippen molar-refractivity contribution in [1.29, 1.82) is 0 Å². The second-order valence-electron chi connectivity index (χ2n) is 6.09. The molecule has 1 aliphatic rings. The zero-order chi connectivity index (χ0) is 15.8. The maximum absolute atomic E-state index is 12.4. The fourth-order valence-electron chi connectivity index (χ4n) is 3.00. The van der Waals surface area contributed by atoms with Gasteiger partial charge in [0.1, 0.15) is 5.69 Å². The van der Waals surface area contributed by atoms with E-state index in [9.17, 15) is 9.59 Å². The molecule has 1 fully saturated rings. The summed E-state index contributed by atoms with van der Waals surface area (Å²) in [7, 11) is 4.06. The minimum absolute atomic E-state index is 0.0450. The Labute approximate surface area is 124 Å². The first kappa shape index (κ1) is 15.6. The maximum atomic E-state index is 12.4. The Balaban J connectivity index is 2.13. The molecule has 6 heteroatoms. The number of H-pyrrole nitrogens is 1. The van der Waals surface area contributed by atoms with E-state index in [1.165, 1.54) is 6.42 Å². The van der Waals surface area contributed by atoms with Crippen molar-refractivity contribution < 1.29 is 14.7 Å². The molecule has 1 saturated carbocycles. The van der Waals surface area contributed by atoms with Crippen LogP contribution in [0.5, 0.6) is 0 Å². The Morgan fingerprint density at radius 3 is 2.33 bits per heavy atom. The summed E-state index contributed by atoms with van der Waals surface area (Å²) < 4.78 is 0. The highest BCUT2D eigenvalue weighted by atomic mass is 16.4. The van der Waals surface area contributed by atoms with Gasteiger partial charge in [0.15, 0.2) is 0 Å². The fraction of sp³-hybridized carbons (Fsp3) is 0.600. The minimum atomic E-state index is -1.04. The number of hydrogen-bond donors (Lipinski definition) is 3. The first-order chi connectivity index (χ1) is 9.78. The van der Waals surface area contributed by atoms with Gasteiger partial charge in [-0.05, 0) is 52.8 Å². The maximum Gasteiger partial charge on any atom is 0.352 e. The van der Waals surface area contributed by atoms with Gasteiger partial charge in [-0.25, -0.2) is 4.79 Å². The van der Waals surface area contributed by atoms with Crippen molar-refractivity contribution in [3.8, 4) is 0 Å². The Morgan fingerprint density at radius 1 is 1.33 bits per heavy atom. The summed E-state index contributed by atoms with van der Waals surface area (Å²) in [6.07, 6.45) is 3.33. The summed E-state index contributed by atoms with van der Waals surface area (Å²) in [4.78, 5) is 28.4. The van der Waals surface area contributed by atoms with Crippen molar-refractivity contribution in [1.82, 2.24) is 15.2 Å². The molecule has 1 aliphatic carbocycles. The third-order valence-electron chi connectivity index (χ3n) is 4.69. The molecule has 0 atom stereocenters. The summed E-state index contributed by atoms with van der Waals surface area (Å²) in [5, 5.41) is 12.1. The van der Waals surface area contributed by atoms with E-state index >= 15 is 0 Å². The molecule has 1 heterocycles. The van der Waals surface area contributed by atoms with Gasteiger partial charge in [0.05, 0.1) is 5.56 Å². The van der Waals surface area contributed by atoms with Crippen molar-refractivity contribution in [2.24, 2.45) is 0 Å². The average Bonchev–Trinajstić information content (AvgIpc) is 2.63. The van der Waals surface area contributed by atoms with Crippen LogP contribution in [0.1, 0.15) is 51.4 Å². The van der Waals surface area contributed by atoms with E-state index in [1.54, 1.807) is 13.8 Å². The van der Waals surface area contributed by atoms with Gasteiger partial charge in [0.2, 0.25) is 0 Å². The number of nitrogens with one attached hydrogen (secondary N) is 2. The number of carbonyl (C=O) groups is 2. The highest BCUT2D eigenvalue weighted by Gasteiger charge is 2.39. The molecule has 116 valence electrons. The quantitative estimate of drug-likeness (QED) is 0.769. The molecule has 0 aromatic carbocycles. The summed E-state index contributed by atoms with van der Waals surface area (Å²) >= 11 is 0. The lowest BCUT2D eigenvalue weighted by Crippen LogP contribution is -2.57. The number of aromatic nitrogens is 1. The first-order valence-corrected chi connectivity index (χ1v) is 7.16. The van der Waals surface area contributed by atoms with Gasteiger partial charge >= 0.3 is 5.97 Å². The lowest BCUT2D eigenvalue weighted by molar-refractivity contribution is 0.0557. The number of hydrogen-bond acceptors (Lipinski definition) is 3. The summed E-state index contributed by atoms with van der Waals surface area (Å²) in [5.74, 6) is -1.25. The number of likely N-dealkylation sites (N-methyl/N-ethyl adjacent to an activating group) is 1. The number of aryl methyl sites for hydroxylation is 1. The van der Waals surface area contributed by atoms with E-state index in [-0.39, 0.29) is 17.1 Å². The molecular formula is C15H23N3O3. The number of amides is 1. The molecule has 21 heavy (non-hydrogen) atoms. The van der Waals surface area contributed by atoms with Crippen LogP contribution in [0.15, 0.2) is 0 Å². The van der Waals surface area contributed by atoms with Crippen LogP contribution in [0, 0.1) is 13.8 Å². The van der Waals surface area contributed by atoms with Crippen LogP contribution in [0.25, 0.3) is 0 Å². The highest BCUT2D eigenvalue weighted by molar-refractivity contribution is 6.00. The average molecular weight is 293 g/mol. The Kier molecular flexibility index (Phi) is 4.09. The van der Waals surface area contributed by atoms with Crippen LogP contribution in [-0.4, -0.2) is 53.0 Å². The van der Waals surface area contributed by atoms with E-state index in [2.05, 4.69) is 15.2 Å². The molecule has 0 aliphatic heterocycles. The lowest BCUT2D eigenvalue weighted by Gasteiger charge is -2.47. The summed E-state index contributed by atoms with van der Waals surface area (Å²) in [5.41, 5.74) is 1.66.